The van der Waals surface area contributed by atoms with Gasteiger partial charge in [0, 0.05) is 52.5 Å². The molecular weight excluding hydrogens is 674 g/mol. The monoisotopic (exact) mass is 741 g/mol. The quantitative estimate of drug-likeness (QED) is 0.173. The van der Waals surface area contributed by atoms with Crippen molar-refractivity contribution in [3.05, 3.63) is 35.9 Å². The number of nitrogens with zero attached hydrogens (tertiary/aromatic N) is 3. The predicted octanol–water partition coefficient (Wildman–Crippen LogP) is 5.53. The summed E-state index contributed by atoms with van der Waals surface area (Å²) in [5.74, 6) is -3.46. The van der Waals surface area contributed by atoms with Gasteiger partial charge >= 0.3 is 5.97 Å². The second kappa shape index (κ2) is 20.0. The molecule has 0 aliphatic carbocycles. The first-order valence-corrected chi connectivity index (χ1v) is 19.7. The Balaban J connectivity index is 1.77. The third kappa shape index (κ3) is 10.8. The van der Waals surface area contributed by atoms with E-state index in [-0.39, 0.29) is 66.9 Å². The number of carbonyl (C=O) groups is 5. The molecule has 2 aliphatic heterocycles. The minimum atomic E-state index is -1.02. The van der Waals surface area contributed by atoms with Crippen LogP contribution in [0.2, 0.25) is 0 Å². The third-order valence-electron chi connectivity index (χ3n) is 12.6. The zero-order chi connectivity index (χ0) is 39.6. The highest BCUT2D eigenvalue weighted by atomic mass is 16.5. The molecule has 53 heavy (non-hydrogen) atoms. The highest BCUT2D eigenvalue weighted by molar-refractivity contribution is 5.93. The van der Waals surface area contributed by atoms with Crippen molar-refractivity contribution in [2.24, 2.45) is 29.6 Å². The molecule has 0 bridgehead atoms. The van der Waals surface area contributed by atoms with Crippen LogP contribution >= 0.6 is 0 Å². The molecule has 9 atom stereocenters. The van der Waals surface area contributed by atoms with E-state index in [0.717, 1.165) is 37.8 Å². The summed E-state index contributed by atoms with van der Waals surface area (Å²) < 4.78 is 12.0. The van der Waals surface area contributed by atoms with E-state index in [0.29, 0.717) is 13.0 Å². The van der Waals surface area contributed by atoms with Gasteiger partial charge in [-0.1, -0.05) is 71.4 Å². The molecule has 2 amide bonds. The fraction of sp³-hybridized carbons (Fsp3) is 0.738. The number of hydrogen-bond acceptors (Lipinski definition) is 8. The second-order valence-corrected chi connectivity index (χ2v) is 16.3. The van der Waals surface area contributed by atoms with Gasteiger partial charge in [0.25, 0.3) is 0 Å². The SMILES string of the molecule is CC[C@H](C)[C@@H]([C@@H](CC(=O)N1CCC[C@H]1[C@H](OC)[C@@H](C)C(=O)C[C@@H](Cc1ccccc1)C(=O)O)OC)N(C)C(=O)[C@@H](CC(=O)[C@]1(C)CCCN1C)C(C)C. The molecule has 11 nitrogen and oxygen atoms in total. The molecule has 1 N–H and O–H groups in total. The molecule has 1 aromatic rings. The van der Waals surface area contributed by atoms with Gasteiger partial charge in [0.2, 0.25) is 11.8 Å². The van der Waals surface area contributed by atoms with Crippen LogP contribution in [0, 0.1) is 29.6 Å². The molecule has 0 radical (unpaired) electrons. The number of carboxylic acid groups (broad SMARTS) is 1. The van der Waals surface area contributed by atoms with Crippen molar-refractivity contribution in [3.8, 4) is 0 Å². The van der Waals surface area contributed by atoms with Gasteiger partial charge in [0.1, 0.15) is 5.78 Å². The average molecular weight is 742 g/mol. The van der Waals surface area contributed by atoms with Crippen LogP contribution in [0.4, 0.5) is 0 Å². The standard InChI is InChI=1S/C42H67N3O8/c1-11-28(4)38(44(8)40(49)32(27(2)3)25-36(47)42(6)20-16-21-43(42)7)35(52-9)26-37(48)45-22-15-19-33(45)39(53-10)29(5)34(46)24-31(41(50)51)23-30-17-13-12-14-18-30/h12-14,17-18,27-29,31-33,35,38-39H,11,15-16,19-26H2,1-10H3,(H,50,51)/t28-,29-,31+,32-,33-,35+,38-,39+,42-/m0/s1. The second-order valence-electron chi connectivity index (χ2n) is 16.3. The number of ether oxygens (including phenoxy) is 2. The zero-order valence-corrected chi connectivity index (χ0v) is 34.0. The number of likely N-dealkylation sites (N-methyl/N-ethyl adjacent to an activating group) is 2. The summed E-state index contributed by atoms with van der Waals surface area (Å²) in [6.07, 6.45) is 2.98. The number of carboxylic acids is 1. The van der Waals surface area contributed by atoms with Gasteiger partial charge in [-0.2, -0.15) is 0 Å². The highest BCUT2D eigenvalue weighted by Crippen LogP contribution is 2.34. The lowest BCUT2D eigenvalue weighted by atomic mass is 9.81. The van der Waals surface area contributed by atoms with Crippen LogP contribution in [0.5, 0.6) is 0 Å². The van der Waals surface area contributed by atoms with Crippen molar-refractivity contribution in [3.63, 3.8) is 0 Å². The first-order chi connectivity index (χ1) is 25.0. The molecule has 0 saturated carbocycles. The van der Waals surface area contributed by atoms with Crippen LogP contribution < -0.4 is 0 Å². The van der Waals surface area contributed by atoms with Crippen LogP contribution in [0.1, 0.15) is 98.5 Å². The Kier molecular flexibility index (Phi) is 16.7. The van der Waals surface area contributed by atoms with Crippen molar-refractivity contribution in [1.82, 2.24) is 14.7 Å². The van der Waals surface area contributed by atoms with Gasteiger partial charge in [-0.3, -0.25) is 28.9 Å². The van der Waals surface area contributed by atoms with Crippen molar-refractivity contribution < 1.29 is 38.6 Å². The number of rotatable bonds is 21. The number of ketones is 2. The molecule has 1 aromatic carbocycles. The summed E-state index contributed by atoms with van der Waals surface area (Å²) in [5, 5.41) is 9.94. The molecule has 2 aliphatic rings. The van der Waals surface area contributed by atoms with Gasteiger partial charge in [-0.25, -0.2) is 0 Å². The molecule has 298 valence electrons. The zero-order valence-electron chi connectivity index (χ0n) is 34.0. The molecule has 2 heterocycles. The molecule has 2 fully saturated rings. The number of methoxy groups -OCH3 is 2. The Hall–Kier alpha value is -3.15. The summed E-state index contributed by atoms with van der Waals surface area (Å²) in [6.45, 7) is 13.2. The van der Waals surface area contributed by atoms with Crippen molar-refractivity contribution >= 4 is 29.4 Å². The van der Waals surface area contributed by atoms with Gasteiger partial charge in [0.15, 0.2) is 5.78 Å². The van der Waals surface area contributed by atoms with E-state index in [9.17, 15) is 29.1 Å². The van der Waals surface area contributed by atoms with Gasteiger partial charge in [-0.05, 0) is 70.0 Å². The molecule has 11 heteroatoms. The van der Waals surface area contributed by atoms with Gasteiger partial charge in [0.05, 0.1) is 42.2 Å². The van der Waals surface area contributed by atoms with Gasteiger partial charge < -0.3 is 24.4 Å². The molecular formula is C42H67N3O8. The minimum absolute atomic E-state index is 0.000468. The Bertz CT molecular complexity index is 1390. The van der Waals surface area contributed by atoms with E-state index in [1.807, 2.05) is 58.2 Å². The maximum Gasteiger partial charge on any atom is 0.307 e. The van der Waals surface area contributed by atoms with Crippen molar-refractivity contribution in [2.45, 2.75) is 129 Å². The molecule has 2 saturated heterocycles. The first kappa shape index (κ1) is 44.2. The third-order valence-corrected chi connectivity index (χ3v) is 12.6. The Morgan fingerprint density at radius 1 is 0.962 bits per heavy atom. The van der Waals surface area contributed by atoms with E-state index < -0.39 is 47.5 Å². The maximum atomic E-state index is 14.3. The molecule has 0 aromatic heterocycles. The summed E-state index contributed by atoms with van der Waals surface area (Å²) >= 11 is 0. The molecule has 3 rings (SSSR count). The summed E-state index contributed by atoms with van der Waals surface area (Å²) in [5.41, 5.74) is 0.282. The maximum absolute atomic E-state index is 14.3. The average Bonchev–Trinajstić information content (AvgIpc) is 3.76. The summed E-state index contributed by atoms with van der Waals surface area (Å²) in [7, 11) is 6.85. The Morgan fingerprint density at radius 2 is 1.62 bits per heavy atom. The first-order valence-electron chi connectivity index (χ1n) is 19.7. The lowest BCUT2D eigenvalue weighted by molar-refractivity contribution is -0.149. The number of likely N-dealkylation sites (tertiary alicyclic amines) is 2. The van der Waals surface area contributed by atoms with E-state index in [4.69, 9.17) is 9.47 Å². The van der Waals surface area contributed by atoms with E-state index in [1.54, 1.807) is 30.9 Å². The topological polar surface area (TPSA) is 134 Å². The number of hydrogen-bond donors (Lipinski definition) is 1. The largest absolute Gasteiger partial charge is 0.481 e. The van der Waals surface area contributed by atoms with Crippen LogP contribution in [0.15, 0.2) is 30.3 Å². The molecule has 0 unspecified atom stereocenters. The Labute approximate surface area is 318 Å². The highest BCUT2D eigenvalue weighted by Gasteiger charge is 2.45. The summed E-state index contributed by atoms with van der Waals surface area (Å²) in [4.78, 5) is 73.5. The fourth-order valence-electron chi connectivity index (χ4n) is 8.65. The Morgan fingerprint density at radius 3 is 2.15 bits per heavy atom. The van der Waals surface area contributed by atoms with Crippen LogP contribution in [-0.2, 0) is 39.9 Å². The van der Waals surface area contributed by atoms with Crippen molar-refractivity contribution in [1.29, 1.82) is 0 Å². The minimum Gasteiger partial charge on any atom is -0.481 e. The lowest BCUT2D eigenvalue weighted by Gasteiger charge is -2.41. The fourth-order valence-corrected chi connectivity index (χ4v) is 8.65. The smallest absolute Gasteiger partial charge is 0.307 e. The summed E-state index contributed by atoms with van der Waals surface area (Å²) in [6, 6.07) is 8.50. The number of carbonyl (C=O) groups excluding carboxylic acids is 4. The number of amides is 2. The normalized spacial score (nSPS) is 23.2. The lowest BCUT2D eigenvalue weighted by Crippen LogP contribution is -2.54. The predicted molar refractivity (Wildman–Crippen MR) is 205 cm³/mol. The number of Topliss-reactive ketones (excluding diaryl/α,β-unsaturated/α-hetero) is 2. The van der Waals surface area contributed by atoms with Gasteiger partial charge in [-0.15, -0.1) is 0 Å². The van der Waals surface area contributed by atoms with Crippen LogP contribution in [-0.4, -0.2) is 120 Å². The van der Waals surface area contributed by atoms with E-state index in [1.165, 1.54) is 7.11 Å². The number of benzene rings is 1. The molecule has 0 spiro atoms. The number of aliphatic carboxylic acids is 1. The van der Waals surface area contributed by atoms with Crippen LogP contribution in [0.25, 0.3) is 0 Å². The van der Waals surface area contributed by atoms with Crippen LogP contribution in [0.3, 0.4) is 0 Å². The van der Waals surface area contributed by atoms with E-state index >= 15 is 0 Å². The van der Waals surface area contributed by atoms with Crippen molar-refractivity contribution in [2.75, 3.05) is 41.4 Å². The van der Waals surface area contributed by atoms with E-state index in [2.05, 4.69) is 18.7 Å².